The second kappa shape index (κ2) is 7.74. The average molecular weight is 312 g/mol. The minimum absolute atomic E-state index is 0.00685. The first-order valence-electron chi connectivity index (χ1n) is 6.83. The van der Waals surface area contributed by atoms with E-state index < -0.39 is 24.4 Å². The van der Waals surface area contributed by atoms with Crippen molar-refractivity contribution in [3.8, 4) is 5.75 Å². The van der Waals surface area contributed by atoms with Crippen LogP contribution in [0.2, 0.25) is 0 Å². The molecule has 6 nitrogen and oxygen atoms in total. The number of carboxylic acids is 1. The fraction of sp³-hybridized carbons (Fsp3) is 0.118. The Balaban J connectivity index is 1.90. The van der Waals surface area contributed by atoms with E-state index in [1.807, 2.05) is 18.2 Å². The summed E-state index contributed by atoms with van der Waals surface area (Å²) in [5, 5.41) is 20.5. The molecular formula is C17H14NO5-. The van der Waals surface area contributed by atoms with Gasteiger partial charge in [0.2, 0.25) is 0 Å². The number of ether oxygens (including phenoxy) is 1. The first kappa shape index (κ1) is 16.2. The molecule has 0 saturated heterocycles. The molecule has 0 radical (unpaired) electrons. The summed E-state index contributed by atoms with van der Waals surface area (Å²) in [5.74, 6) is -2.17. The van der Waals surface area contributed by atoms with Gasteiger partial charge >= 0.3 is 11.9 Å². The molecule has 0 heterocycles. The molecule has 0 bridgehead atoms. The molecule has 0 aromatic heterocycles. The van der Waals surface area contributed by atoms with Gasteiger partial charge in [-0.25, -0.2) is 9.59 Å². The molecule has 0 aliphatic heterocycles. The molecule has 1 N–H and O–H groups in total. The van der Waals surface area contributed by atoms with E-state index in [0.717, 1.165) is 5.56 Å². The third-order valence-electron chi connectivity index (χ3n) is 2.90. The number of aliphatic imine (C=N–C) groups is 1. The van der Waals surface area contributed by atoms with Crippen LogP contribution in [0.5, 0.6) is 5.75 Å². The lowest BCUT2D eigenvalue weighted by molar-refractivity contribution is -0.218. The van der Waals surface area contributed by atoms with E-state index in [9.17, 15) is 14.7 Å². The van der Waals surface area contributed by atoms with Gasteiger partial charge < -0.3 is 14.9 Å². The van der Waals surface area contributed by atoms with Crippen molar-refractivity contribution in [1.82, 2.24) is 0 Å². The van der Waals surface area contributed by atoms with Gasteiger partial charge in [-0.3, -0.25) is 4.99 Å². The van der Waals surface area contributed by atoms with Crippen LogP contribution in [-0.4, -0.2) is 29.5 Å². The maximum atomic E-state index is 11.7. The summed E-state index contributed by atoms with van der Waals surface area (Å²) >= 11 is 0. The molecular weight excluding hydrogens is 298 g/mol. The van der Waals surface area contributed by atoms with E-state index in [-0.39, 0.29) is 17.7 Å². The highest BCUT2D eigenvalue weighted by Gasteiger charge is 2.07. The minimum Gasteiger partial charge on any atom is -0.862 e. The Hall–Kier alpha value is -3.15. The number of hydrogen-bond acceptors (Lipinski definition) is 5. The second-order valence-electron chi connectivity index (χ2n) is 4.68. The summed E-state index contributed by atoms with van der Waals surface area (Å²) in [5.41, 5.74) is 0.816. The van der Waals surface area contributed by atoms with Gasteiger partial charge in [-0.1, -0.05) is 36.4 Å². The fourth-order valence-electron chi connectivity index (χ4n) is 1.84. The highest BCUT2D eigenvalue weighted by Crippen LogP contribution is 2.13. The van der Waals surface area contributed by atoms with Gasteiger partial charge in [0.1, 0.15) is 12.3 Å². The third-order valence-corrected chi connectivity index (χ3v) is 2.90. The lowest BCUT2D eigenvalue weighted by Crippen LogP contribution is -2.23. The van der Waals surface area contributed by atoms with Crippen LogP contribution in [0.4, 0.5) is 0 Å². The summed E-state index contributed by atoms with van der Waals surface area (Å²) in [4.78, 5) is 26.1. The zero-order valence-electron chi connectivity index (χ0n) is 12.1. The van der Waals surface area contributed by atoms with Gasteiger partial charge in [-0.2, -0.15) is 0 Å². The largest absolute Gasteiger partial charge is 0.862 e. The Morgan fingerprint density at radius 3 is 2.52 bits per heavy atom. The molecule has 2 rings (SSSR count). The van der Waals surface area contributed by atoms with E-state index in [0.29, 0.717) is 0 Å². The second-order valence-corrected chi connectivity index (χ2v) is 4.68. The molecule has 0 atom stereocenters. The normalized spacial score (nSPS) is 11.0. The molecule has 0 fully saturated rings. The van der Waals surface area contributed by atoms with E-state index in [2.05, 4.69) is 4.99 Å². The highest BCUT2D eigenvalue weighted by molar-refractivity contribution is 5.88. The smallest absolute Gasteiger partial charge is 0.335 e. The number of carbonyl (C=O) groups is 2. The molecule has 0 saturated carbocycles. The number of benzene rings is 2. The van der Waals surface area contributed by atoms with Crippen LogP contribution in [0.25, 0.3) is 0 Å². The third kappa shape index (κ3) is 5.28. The summed E-state index contributed by atoms with van der Waals surface area (Å²) in [7, 11) is 0. The van der Waals surface area contributed by atoms with Gasteiger partial charge in [-0.05, 0) is 29.7 Å². The van der Waals surface area contributed by atoms with Gasteiger partial charge in [0.25, 0.3) is 0 Å². The molecule has 6 heteroatoms. The Labute approximate surface area is 132 Å². The molecule has 0 aliphatic carbocycles. The maximum Gasteiger partial charge on any atom is 0.335 e. The number of nitrogens with zero attached hydrogens (tertiary/aromatic N) is 1. The van der Waals surface area contributed by atoms with Crippen LogP contribution in [0, 0.1) is 0 Å². The summed E-state index contributed by atoms with van der Waals surface area (Å²) in [6, 6.07) is 14.6. The zero-order chi connectivity index (χ0) is 16.7. The molecule has 2 aromatic carbocycles. The Morgan fingerprint density at radius 1 is 1.09 bits per heavy atom. The van der Waals surface area contributed by atoms with Crippen molar-refractivity contribution in [3.63, 3.8) is 0 Å². The highest BCUT2D eigenvalue weighted by atomic mass is 16.5. The van der Waals surface area contributed by atoms with Crippen molar-refractivity contribution in [1.29, 1.82) is 0 Å². The number of hydrogen-bond donors (Lipinski definition) is 1. The van der Waals surface area contributed by atoms with Crippen molar-refractivity contribution >= 4 is 17.8 Å². The van der Waals surface area contributed by atoms with Gasteiger partial charge in [0, 0.05) is 6.42 Å². The molecule has 0 spiro atoms. The van der Waals surface area contributed by atoms with E-state index in [1.165, 1.54) is 24.3 Å². The maximum absolute atomic E-state index is 11.7. The van der Waals surface area contributed by atoms with Gasteiger partial charge in [0.15, 0.2) is 0 Å². The van der Waals surface area contributed by atoms with Crippen molar-refractivity contribution in [3.05, 3.63) is 65.7 Å². The van der Waals surface area contributed by atoms with Crippen LogP contribution in [0.3, 0.4) is 0 Å². The van der Waals surface area contributed by atoms with Crippen LogP contribution < -0.4 is 9.84 Å². The topological polar surface area (TPSA) is 99.0 Å². The van der Waals surface area contributed by atoms with Crippen molar-refractivity contribution < 1.29 is 24.5 Å². The van der Waals surface area contributed by atoms with E-state index in [4.69, 9.17) is 9.84 Å². The average Bonchev–Trinajstić information content (AvgIpc) is 2.54. The molecule has 2 aromatic rings. The predicted molar refractivity (Wildman–Crippen MR) is 81.5 cm³/mol. The van der Waals surface area contributed by atoms with Crippen LogP contribution in [0.15, 0.2) is 59.6 Å². The summed E-state index contributed by atoms with van der Waals surface area (Å²) in [6.07, 6.45) is 0.114. The van der Waals surface area contributed by atoms with Crippen molar-refractivity contribution in [2.45, 2.75) is 6.42 Å². The molecule has 118 valence electrons. The molecule has 0 unspecified atom stereocenters. The summed E-state index contributed by atoms with van der Waals surface area (Å²) < 4.78 is 4.96. The van der Waals surface area contributed by atoms with Gasteiger partial charge in [-0.15, -0.1) is 0 Å². The van der Waals surface area contributed by atoms with Crippen LogP contribution in [-0.2, 0) is 11.2 Å². The quantitative estimate of drug-likeness (QED) is 0.375. The SMILES string of the molecule is O=C(CN=C([O-])Cc1ccccc1)Oc1cccc(C(=O)O)c1. The summed E-state index contributed by atoms with van der Waals surface area (Å²) in [6.45, 7) is -0.414. The first-order chi connectivity index (χ1) is 11.0. The predicted octanol–water partition coefficient (Wildman–Crippen LogP) is 1.29. The minimum atomic E-state index is -1.12. The van der Waals surface area contributed by atoms with Crippen LogP contribution >= 0.6 is 0 Å². The first-order valence-corrected chi connectivity index (χ1v) is 6.83. The van der Waals surface area contributed by atoms with Crippen molar-refractivity contribution in [2.24, 2.45) is 4.99 Å². The standard InChI is InChI=1S/C17H15NO5/c19-15(9-12-5-2-1-3-6-12)18-11-16(20)23-14-8-4-7-13(10-14)17(21)22/h1-8,10H,9,11H2,(H,18,19)(H,21,22)/p-1. The van der Waals surface area contributed by atoms with E-state index in [1.54, 1.807) is 12.1 Å². The van der Waals surface area contributed by atoms with Crippen LogP contribution in [0.1, 0.15) is 15.9 Å². The Bertz CT molecular complexity index is 725. The number of rotatable bonds is 6. The number of aromatic carboxylic acids is 1. The number of esters is 1. The molecule has 23 heavy (non-hydrogen) atoms. The number of carbonyl (C=O) groups excluding carboxylic acids is 1. The van der Waals surface area contributed by atoms with Crippen molar-refractivity contribution in [2.75, 3.05) is 6.54 Å². The number of carboxylic acid groups (broad SMARTS) is 1. The van der Waals surface area contributed by atoms with E-state index >= 15 is 0 Å². The molecule has 0 amide bonds. The zero-order valence-corrected chi connectivity index (χ0v) is 12.1. The Morgan fingerprint density at radius 2 is 1.83 bits per heavy atom. The van der Waals surface area contributed by atoms with Gasteiger partial charge in [0.05, 0.1) is 5.56 Å². The monoisotopic (exact) mass is 312 g/mol. The lowest BCUT2D eigenvalue weighted by atomic mass is 10.1. The fourth-order valence-corrected chi connectivity index (χ4v) is 1.84. The Kier molecular flexibility index (Phi) is 5.46. The lowest BCUT2D eigenvalue weighted by Gasteiger charge is -2.10. The molecule has 0 aliphatic rings.